The molecule has 0 saturated heterocycles. The highest BCUT2D eigenvalue weighted by Crippen LogP contribution is 2.25. The fraction of sp³-hybridized carbons (Fsp3) is 0.0769. The third-order valence-corrected chi connectivity index (χ3v) is 2.27. The van der Waals surface area contributed by atoms with Gasteiger partial charge in [-0.25, -0.2) is 4.98 Å². The van der Waals surface area contributed by atoms with Crippen LogP contribution >= 0.6 is 0 Å². The van der Waals surface area contributed by atoms with Gasteiger partial charge in [0.15, 0.2) is 0 Å². The van der Waals surface area contributed by atoms with Gasteiger partial charge in [-0.1, -0.05) is 18.2 Å². The van der Waals surface area contributed by atoms with Gasteiger partial charge in [-0.05, 0) is 18.2 Å². The number of benzene rings is 1. The van der Waals surface area contributed by atoms with E-state index in [9.17, 15) is 0 Å². The molecule has 1 N–H and O–H groups in total. The molecule has 2 aromatic rings. The van der Waals surface area contributed by atoms with Crippen molar-refractivity contribution in [1.82, 2.24) is 4.98 Å². The lowest BCUT2D eigenvalue weighted by atomic mass is 10.2. The van der Waals surface area contributed by atoms with Gasteiger partial charge in [0.1, 0.15) is 11.6 Å². The van der Waals surface area contributed by atoms with Gasteiger partial charge in [0.05, 0.1) is 12.8 Å². The molecule has 17 heavy (non-hydrogen) atoms. The zero-order valence-electron chi connectivity index (χ0n) is 9.34. The van der Waals surface area contributed by atoms with Gasteiger partial charge < -0.3 is 10.1 Å². The molecule has 0 fully saturated rings. The molecule has 4 nitrogen and oxygen atoms in total. The van der Waals surface area contributed by atoms with Crippen LogP contribution in [0, 0.1) is 11.3 Å². The minimum atomic E-state index is 0.327. The van der Waals surface area contributed by atoms with Crippen LogP contribution in [0.3, 0.4) is 0 Å². The van der Waals surface area contributed by atoms with E-state index < -0.39 is 0 Å². The lowest BCUT2D eigenvalue weighted by molar-refractivity contribution is 0.397. The second-order valence-electron chi connectivity index (χ2n) is 3.35. The molecule has 0 spiro atoms. The van der Waals surface area contributed by atoms with E-state index in [4.69, 9.17) is 10.00 Å². The first-order valence-electron chi connectivity index (χ1n) is 5.10. The highest BCUT2D eigenvalue weighted by Gasteiger charge is 2.09. The zero-order valence-corrected chi connectivity index (χ0v) is 9.34. The van der Waals surface area contributed by atoms with Crippen LogP contribution in [0.15, 0.2) is 42.6 Å². The van der Waals surface area contributed by atoms with E-state index in [1.807, 2.05) is 30.3 Å². The van der Waals surface area contributed by atoms with Gasteiger partial charge in [0, 0.05) is 11.9 Å². The number of rotatable bonds is 3. The number of para-hydroxylation sites is 1. The molecular weight excluding hydrogens is 214 g/mol. The summed E-state index contributed by atoms with van der Waals surface area (Å²) in [4.78, 5) is 3.99. The van der Waals surface area contributed by atoms with E-state index in [1.165, 1.54) is 7.11 Å². The first-order chi connectivity index (χ1) is 8.35. The van der Waals surface area contributed by atoms with Crippen LogP contribution < -0.4 is 10.1 Å². The number of hydrogen-bond acceptors (Lipinski definition) is 4. The number of methoxy groups -OCH3 is 1. The van der Waals surface area contributed by atoms with Crippen molar-refractivity contribution < 1.29 is 4.74 Å². The topological polar surface area (TPSA) is 57.9 Å². The Hall–Kier alpha value is -2.54. The largest absolute Gasteiger partial charge is 0.480 e. The molecule has 0 aliphatic rings. The zero-order chi connectivity index (χ0) is 12.1. The number of anilines is 2. The van der Waals surface area contributed by atoms with E-state index in [-0.39, 0.29) is 0 Å². The maximum atomic E-state index is 9.10. The van der Waals surface area contributed by atoms with E-state index in [1.54, 1.807) is 12.3 Å². The molecule has 0 aliphatic carbocycles. The summed E-state index contributed by atoms with van der Waals surface area (Å²) in [5.74, 6) is 0.327. The van der Waals surface area contributed by atoms with Crippen LogP contribution in [0.25, 0.3) is 0 Å². The molecule has 0 atom stereocenters. The molecule has 84 valence electrons. The van der Waals surface area contributed by atoms with Crippen molar-refractivity contribution in [1.29, 1.82) is 5.26 Å². The van der Waals surface area contributed by atoms with Gasteiger partial charge in [0.2, 0.25) is 5.88 Å². The SMILES string of the molecule is COc1nccc(Nc2ccccc2)c1C#N. The maximum absolute atomic E-state index is 9.10. The number of ether oxygens (including phenoxy) is 1. The smallest absolute Gasteiger partial charge is 0.233 e. The molecule has 4 heteroatoms. The first kappa shape index (κ1) is 11.0. The predicted octanol–water partition coefficient (Wildman–Crippen LogP) is 2.71. The Labute approximate surface area is 99.5 Å². The van der Waals surface area contributed by atoms with E-state index in [0.717, 1.165) is 5.69 Å². The Morgan fingerprint density at radius 1 is 1.24 bits per heavy atom. The fourth-order valence-corrected chi connectivity index (χ4v) is 1.49. The minimum absolute atomic E-state index is 0.327. The van der Waals surface area contributed by atoms with Crippen LogP contribution in [-0.2, 0) is 0 Å². The van der Waals surface area contributed by atoms with Crippen molar-refractivity contribution in [3.05, 3.63) is 48.2 Å². The number of aromatic nitrogens is 1. The van der Waals surface area contributed by atoms with Crippen molar-refractivity contribution in [2.75, 3.05) is 12.4 Å². The van der Waals surface area contributed by atoms with Crippen molar-refractivity contribution in [2.45, 2.75) is 0 Å². The van der Waals surface area contributed by atoms with Gasteiger partial charge >= 0.3 is 0 Å². The lowest BCUT2D eigenvalue weighted by Gasteiger charge is -2.09. The second-order valence-corrected chi connectivity index (χ2v) is 3.35. The molecule has 0 saturated carbocycles. The number of nitrogens with one attached hydrogen (secondary N) is 1. The molecule has 0 radical (unpaired) electrons. The summed E-state index contributed by atoms with van der Waals surface area (Å²) in [6, 6.07) is 13.5. The van der Waals surface area contributed by atoms with Crippen LogP contribution in [0.5, 0.6) is 5.88 Å². The van der Waals surface area contributed by atoms with Crippen molar-refractivity contribution in [3.8, 4) is 11.9 Å². The molecule has 0 amide bonds. The Kier molecular flexibility index (Phi) is 3.22. The quantitative estimate of drug-likeness (QED) is 0.872. The van der Waals surface area contributed by atoms with Crippen LogP contribution in [0.4, 0.5) is 11.4 Å². The number of nitriles is 1. The molecule has 1 heterocycles. The van der Waals surface area contributed by atoms with Gasteiger partial charge in [-0.2, -0.15) is 5.26 Å². The Morgan fingerprint density at radius 2 is 2.00 bits per heavy atom. The van der Waals surface area contributed by atoms with Gasteiger partial charge in [-0.15, -0.1) is 0 Å². The summed E-state index contributed by atoms with van der Waals surface area (Å²) >= 11 is 0. The molecular formula is C13H11N3O. The average Bonchev–Trinajstić information content (AvgIpc) is 2.39. The predicted molar refractivity (Wildman–Crippen MR) is 65.2 cm³/mol. The number of pyridine rings is 1. The van der Waals surface area contributed by atoms with E-state index in [0.29, 0.717) is 17.1 Å². The van der Waals surface area contributed by atoms with Crippen molar-refractivity contribution >= 4 is 11.4 Å². The highest BCUT2D eigenvalue weighted by molar-refractivity contribution is 5.68. The molecule has 0 unspecified atom stereocenters. The third-order valence-electron chi connectivity index (χ3n) is 2.27. The fourth-order valence-electron chi connectivity index (χ4n) is 1.49. The maximum Gasteiger partial charge on any atom is 0.233 e. The molecule has 0 bridgehead atoms. The number of nitrogens with zero attached hydrogens (tertiary/aromatic N) is 2. The summed E-state index contributed by atoms with van der Waals surface area (Å²) in [6.07, 6.45) is 1.60. The van der Waals surface area contributed by atoms with E-state index in [2.05, 4.69) is 16.4 Å². The monoisotopic (exact) mass is 225 g/mol. The van der Waals surface area contributed by atoms with Gasteiger partial charge in [-0.3, -0.25) is 0 Å². The normalized spacial score (nSPS) is 9.41. The van der Waals surface area contributed by atoms with Gasteiger partial charge in [0.25, 0.3) is 0 Å². The lowest BCUT2D eigenvalue weighted by Crippen LogP contribution is -1.98. The Morgan fingerprint density at radius 3 is 2.65 bits per heavy atom. The average molecular weight is 225 g/mol. The summed E-state index contributed by atoms with van der Waals surface area (Å²) in [5.41, 5.74) is 2.00. The van der Waals surface area contributed by atoms with Crippen molar-refractivity contribution in [2.24, 2.45) is 0 Å². The summed E-state index contributed by atoms with van der Waals surface area (Å²) in [7, 11) is 1.50. The number of hydrogen-bond donors (Lipinski definition) is 1. The Balaban J connectivity index is 2.37. The van der Waals surface area contributed by atoms with E-state index >= 15 is 0 Å². The third kappa shape index (κ3) is 2.34. The van der Waals surface area contributed by atoms with Crippen LogP contribution in [0.2, 0.25) is 0 Å². The molecule has 0 aliphatic heterocycles. The minimum Gasteiger partial charge on any atom is -0.480 e. The summed E-state index contributed by atoms with van der Waals surface area (Å²) < 4.78 is 5.04. The summed E-state index contributed by atoms with van der Waals surface area (Å²) in [5, 5.41) is 12.3. The van der Waals surface area contributed by atoms with Crippen molar-refractivity contribution in [3.63, 3.8) is 0 Å². The highest BCUT2D eigenvalue weighted by atomic mass is 16.5. The molecule has 1 aromatic heterocycles. The second kappa shape index (κ2) is 4.99. The Bertz CT molecular complexity index is 546. The van der Waals surface area contributed by atoms with Crippen LogP contribution in [0.1, 0.15) is 5.56 Å². The molecule has 1 aromatic carbocycles. The molecule has 2 rings (SSSR count). The summed E-state index contributed by atoms with van der Waals surface area (Å²) in [6.45, 7) is 0. The standard InChI is InChI=1S/C13H11N3O/c1-17-13-11(9-14)12(7-8-15-13)16-10-5-3-2-4-6-10/h2-8H,1H3,(H,15,16). The van der Waals surface area contributed by atoms with Crippen LogP contribution in [-0.4, -0.2) is 12.1 Å². The first-order valence-corrected chi connectivity index (χ1v) is 5.10.